The summed E-state index contributed by atoms with van der Waals surface area (Å²) in [6.07, 6.45) is 3.11. The molecule has 0 saturated carbocycles. The maximum atomic E-state index is 6.53. The summed E-state index contributed by atoms with van der Waals surface area (Å²) >= 11 is 0. The summed E-state index contributed by atoms with van der Waals surface area (Å²) in [6.45, 7) is 6.76. The first kappa shape index (κ1) is 16.8. The largest absolute Gasteiger partial charge is 0.544 e. The second-order valence-electron chi connectivity index (χ2n) is 7.33. The minimum absolute atomic E-state index is 0.903. The van der Waals surface area contributed by atoms with E-state index in [-0.39, 0.29) is 0 Å². The van der Waals surface area contributed by atoms with Crippen molar-refractivity contribution in [3.8, 4) is 5.75 Å². The van der Waals surface area contributed by atoms with Crippen LogP contribution in [0.4, 0.5) is 0 Å². The van der Waals surface area contributed by atoms with E-state index in [1.807, 2.05) is 12.1 Å². The molecular weight excluding hydrogens is 312 g/mol. The van der Waals surface area contributed by atoms with Gasteiger partial charge in [-0.3, -0.25) is 0 Å². The van der Waals surface area contributed by atoms with Crippen LogP contribution in [0.2, 0.25) is 19.6 Å². The number of fused-ring (bicyclic) bond motifs is 1. The third-order valence-corrected chi connectivity index (χ3v) is 5.08. The molecule has 1 aliphatic carbocycles. The Balaban J connectivity index is 1.97. The molecule has 0 aliphatic heterocycles. The van der Waals surface area contributed by atoms with Crippen LogP contribution in [0, 0.1) is 0 Å². The zero-order chi connectivity index (χ0) is 17.2. The average Bonchev–Trinajstić information content (AvgIpc) is 2.56. The molecule has 0 aromatic heterocycles. The van der Waals surface area contributed by atoms with Crippen LogP contribution in [0.1, 0.15) is 23.1 Å². The number of rotatable bonds is 5. The molecule has 1 aliphatic rings. The number of ether oxygens (including phenoxy) is 1. The number of benzene rings is 2. The number of methoxy groups -OCH3 is 1. The lowest BCUT2D eigenvalue weighted by atomic mass is 9.87. The van der Waals surface area contributed by atoms with Crippen LogP contribution in [0.5, 0.6) is 5.75 Å². The van der Waals surface area contributed by atoms with Gasteiger partial charge in [0.05, 0.1) is 7.11 Å². The van der Waals surface area contributed by atoms with E-state index in [9.17, 15) is 0 Å². The summed E-state index contributed by atoms with van der Waals surface area (Å²) in [4.78, 5) is 0. The Morgan fingerprint density at radius 2 is 1.62 bits per heavy atom. The molecule has 0 spiro atoms. The lowest BCUT2D eigenvalue weighted by Gasteiger charge is -2.29. The monoisotopic (exact) mass is 338 g/mol. The summed E-state index contributed by atoms with van der Waals surface area (Å²) in [7, 11) is 0.0392. The molecule has 0 heterocycles. The molecule has 2 aromatic carbocycles. The molecule has 2 aromatic rings. The Labute approximate surface area is 146 Å². The van der Waals surface area contributed by atoms with Crippen molar-refractivity contribution in [3.63, 3.8) is 0 Å². The molecule has 0 atom stereocenters. The molecule has 0 N–H and O–H groups in total. The second-order valence-corrected chi connectivity index (χ2v) is 11.8. The van der Waals surface area contributed by atoms with Crippen molar-refractivity contribution in [2.75, 3.05) is 7.11 Å². The summed E-state index contributed by atoms with van der Waals surface area (Å²) < 4.78 is 11.8. The van der Waals surface area contributed by atoms with E-state index in [1.165, 1.54) is 22.3 Å². The van der Waals surface area contributed by atoms with Crippen molar-refractivity contribution in [2.45, 2.75) is 38.9 Å². The molecular formula is C21H26O2Si. The van der Waals surface area contributed by atoms with E-state index < -0.39 is 8.32 Å². The molecule has 3 heteroatoms. The van der Waals surface area contributed by atoms with Gasteiger partial charge in [-0.15, -0.1) is 0 Å². The SMILES string of the molecule is COc1ccc(CC2=C(O[Si](C)(C)C)c3ccccc3CC2)cc1. The number of hydrogen-bond donors (Lipinski definition) is 0. The molecule has 0 bridgehead atoms. The molecule has 3 rings (SSSR count). The highest BCUT2D eigenvalue weighted by Gasteiger charge is 2.25. The molecule has 24 heavy (non-hydrogen) atoms. The highest BCUT2D eigenvalue weighted by atomic mass is 28.4. The first-order valence-corrected chi connectivity index (χ1v) is 12.0. The number of aryl methyl sites for hydroxylation is 1. The first-order valence-electron chi connectivity index (χ1n) is 8.58. The quantitative estimate of drug-likeness (QED) is 0.675. The molecule has 2 nitrogen and oxygen atoms in total. The van der Waals surface area contributed by atoms with Crippen LogP contribution < -0.4 is 4.74 Å². The third kappa shape index (κ3) is 3.90. The van der Waals surface area contributed by atoms with E-state index in [0.29, 0.717) is 0 Å². The van der Waals surface area contributed by atoms with Gasteiger partial charge in [-0.05, 0) is 67.7 Å². The van der Waals surface area contributed by atoms with Crippen molar-refractivity contribution in [1.29, 1.82) is 0 Å². The maximum Gasteiger partial charge on any atom is 0.242 e. The van der Waals surface area contributed by atoms with Crippen LogP contribution in [0.3, 0.4) is 0 Å². The van der Waals surface area contributed by atoms with Gasteiger partial charge >= 0.3 is 0 Å². The van der Waals surface area contributed by atoms with Gasteiger partial charge in [0.25, 0.3) is 0 Å². The van der Waals surface area contributed by atoms with Gasteiger partial charge in [0.2, 0.25) is 8.32 Å². The topological polar surface area (TPSA) is 18.5 Å². The van der Waals surface area contributed by atoms with Crippen LogP contribution in [-0.2, 0) is 17.3 Å². The lowest BCUT2D eigenvalue weighted by molar-refractivity contribution is 0.414. The van der Waals surface area contributed by atoms with Gasteiger partial charge in [0, 0.05) is 5.56 Å². The Kier molecular flexibility index (Phi) is 4.81. The summed E-state index contributed by atoms with van der Waals surface area (Å²) in [6, 6.07) is 17.0. The maximum absolute atomic E-state index is 6.53. The highest BCUT2D eigenvalue weighted by molar-refractivity contribution is 6.70. The standard InChI is InChI=1S/C21H26O2Si/c1-22-19-13-9-16(10-14-19)15-18-12-11-17-7-5-6-8-20(17)21(18)23-24(2,3)4/h5-10,13-14H,11-12,15H2,1-4H3. The lowest BCUT2D eigenvalue weighted by Crippen LogP contribution is -2.26. The van der Waals surface area contributed by atoms with Gasteiger partial charge in [-0.1, -0.05) is 36.4 Å². The van der Waals surface area contributed by atoms with Crippen molar-refractivity contribution >= 4 is 14.1 Å². The first-order chi connectivity index (χ1) is 11.5. The Morgan fingerprint density at radius 3 is 2.29 bits per heavy atom. The average molecular weight is 339 g/mol. The van der Waals surface area contributed by atoms with Gasteiger partial charge < -0.3 is 9.16 Å². The second kappa shape index (κ2) is 6.86. The van der Waals surface area contributed by atoms with E-state index in [2.05, 4.69) is 56.0 Å². The van der Waals surface area contributed by atoms with Gasteiger partial charge in [0.15, 0.2) is 0 Å². The molecule has 0 amide bonds. The molecule has 0 fully saturated rings. The van der Waals surface area contributed by atoms with Crippen LogP contribution in [0.25, 0.3) is 5.76 Å². The number of hydrogen-bond acceptors (Lipinski definition) is 2. The Morgan fingerprint density at radius 1 is 0.917 bits per heavy atom. The van der Waals surface area contributed by atoms with Crippen molar-refractivity contribution in [3.05, 3.63) is 70.8 Å². The zero-order valence-corrected chi connectivity index (χ0v) is 16.1. The Hall–Kier alpha value is -2.00. The van der Waals surface area contributed by atoms with E-state index in [4.69, 9.17) is 9.16 Å². The smallest absolute Gasteiger partial charge is 0.242 e. The van der Waals surface area contributed by atoms with Crippen LogP contribution in [-0.4, -0.2) is 15.4 Å². The number of allylic oxidation sites excluding steroid dienone is 1. The fourth-order valence-electron chi connectivity index (χ4n) is 3.14. The summed E-state index contributed by atoms with van der Waals surface area (Å²) in [5, 5.41) is 0. The van der Waals surface area contributed by atoms with Gasteiger partial charge in [-0.25, -0.2) is 0 Å². The van der Waals surface area contributed by atoms with Gasteiger partial charge in [0.1, 0.15) is 11.5 Å². The summed E-state index contributed by atoms with van der Waals surface area (Å²) in [5.41, 5.74) is 5.42. The molecule has 0 radical (unpaired) electrons. The van der Waals surface area contributed by atoms with E-state index in [0.717, 1.165) is 30.8 Å². The minimum atomic E-state index is -1.66. The van der Waals surface area contributed by atoms with Crippen LogP contribution >= 0.6 is 0 Å². The third-order valence-electron chi connectivity index (χ3n) is 4.26. The van der Waals surface area contributed by atoms with E-state index >= 15 is 0 Å². The van der Waals surface area contributed by atoms with Crippen molar-refractivity contribution in [2.24, 2.45) is 0 Å². The predicted octanol–water partition coefficient (Wildman–Crippen LogP) is 5.45. The van der Waals surface area contributed by atoms with Crippen molar-refractivity contribution in [1.82, 2.24) is 0 Å². The molecule has 126 valence electrons. The van der Waals surface area contributed by atoms with Crippen molar-refractivity contribution < 1.29 is 9.16 Å². The Bertz CT molecular complexity index is 739. The van der Waals surface area contributed by atoms with Crippen LogP contribution in [0.15, 0.2) is 54.1 Å². The predicted molar refractivity (Wildman–Crippen MR) is 103 cm³/mol. The minimum Gasteiger partial charge on any atom is -0.544 e. The fraction of sp³-hybridized carbons (Fsp3) is 0.333. The normalized spacial score (nSPS) is 14.3. The van der Waals surface area contributed by atoms with Gasteiger partial charge in [-0.2, -0.15) is 0 Å². The van der Waals surface area contributed by atoms with E-state index in [1.54, 1.807) is 7.11 Å². The summed E-state index contributed by atoms with van der Waals surface area (Å²) in [5.74, 6) is 2.03. The highest BCUT2D eigenvalue weighted by Crippen LogP contribution is 2.35. The fourth-order valence-corrected chi connectivity index (χ4v) is 4.01. The molecule has 0 saturated heterocycles. The molecule has 0 unspecified atom stereocenters. The zero-order valence-electron chi connectivity index (χ0n) is 15.1.